The van der Waals surface area contributed by atoms with Gasteiger partial charge in [-0.25, -0.2) is 0 Å². The van der Waals surface area contributed by atoms with Crippen LogP contribution < -0.4 is 10.2 Å². The van der Waals surface area contributed by atoms with Crippen LogP contribution in [0.3, 0.4) is 0 Å². The van der Waals surface area contributed by atoms with Crippen molar-refractivity contribution in [1.82, 2.24) is 10.2 Å². The lowest BCUT2D eigenvalue weighted by Crippen LogP contribution is -3.14. The number of carbonyl (C=O) groups is 2. The predicted molar refractivity (Wildman–Crippen MR) is 96.2 cm³/mol. The second-order valence-corrected chi connectivity index (χ2v) is 7.32. The van der Waals surface area contributed by atoms with Crippen LogP contribution in [0.15, 0.2) is 10.5 Å². The number of rotatable bonds is 5. The monoisotopic (exact) mass is 364 g/mol. The van der Waals surface area contributed by atoms with Gasteiger partial charge >= 0.3 is 0 Å². The summed E-state index contributed by atoms with van der Waals surface area (Å²) in [5.41, 5.74) is 0.611. The van der Waals surface area contributed by atoms with Gasteiger partial charge in [-0.2, -0.15) is 0 Å². The summed E-state index contributed by atoms with van der Waals surface area (Å²) >= 11 is 0. The summed E-state index contributed by atoms with van der Waals surface area (Å²) < 4.78 is 10.8. The highest BCUT2D eigenvalue weighted by Crippen LogP contribution is 2.21. The van der Waals surface area contributed by atoms with Crippen molar-refractivity contribution in [2.75, 3.05) is 52.5 Å². The van der Waals surface area contributed by atoms with Crippen LogP contribution in [0.5, 0.6) is 0 Å². The van der Waals surface area contributed by atoms with E-state index in [0.29, 0.717) is 31.0 Å². The Morgan fingerprint density at radius 2 is 2.08 bits per heavy atom. The Labute approximate surface area is 154 Å². The number of likely N-dealkylation sites (tertiary alicyclic amines) is 1. The zero-order valence-electron chi connectivity index (χ0n) is 15.8. The van der Waals surface area contributed by atoms with E-state index in [4.69, 9.17) is 9.15 Å². The summed E-state index contributed by atoms with van der Waals surface area (Å²) in [6, 6.07) is 1.78. The minimum Gasteiger partial charge on any atom is -0.466 e. The Bertz CT molecular complexity index is 637. The predicted octanol–water partition coefficient (Wildman–Crippen LogP) is -0.220. The van der Waals surface area contributed by atoms with Gasteiger partial charge in [0.15, 0.2) is 0 Å². The maximum atomic E-state index is 12.7. The molecule has 0 saturated carbocycles. The number of carbonyl (C=O) groups excluding carboxylic acids is 2. The van der Waals surface area contributed by atoms with Crippen molar-refractivity contribution < 1.29 is 23.6 Å². The van der Waals surface area contributed by atoms with Gasteiger partial charge in [-0.15, -0.1) is 0 Å². The fourth-order valence-electron chi connectivity index (χ4n) is 3.81. The highest BCUT2D eigenvalue weighted by molar-refractivity contribution is 5.95. The van der Waals surface area contributed by atoms with Crippen LogP contribution in [0.1, 0.15) is 34.7 Å². The van der Waals surface area contributed by atoms with Crippen molar-refractivity contribution in [3.63, 3.8) is 0 Å². The van der Waals surface area contributed by atoms with Gasteiger partial charge in [0, 0.05) is 13.1 Å². The molecule has 0 bridgehead atoms. The summed E-state index contributed by atoms with van der Waals surface area (Å²) in [7, 11) is 0. The van der Waals surface area contributed by atoms with Crippen molar-refractivity contribution in [3.05, 3.63) is 23.2 Å². The van der Waals surface area contributed by atoms with E-state index in [1.54, 1.807) is 11.0 Å². The van der Waals surface area contributed by atoms with E-state index in [1.807, 2.05) is 13.8 Å². The van der Waals surface area contributed by atoms with Gasteiger partial charge in [0.1, 0.15) is 24.6 Å². The van der Waals surface area contributed by atoms with E-state index in [-0.39, 0.29) is 17.7 Å². The normalized spacial score (nSPS) is 21.6. The molecule has 0 unspecified atom stereocenters. The number of ether oxygens (including phenoxy) is 1. The van der Waals surface area contributed by atoms with Crippen LogP contribution in [0.2, 0.25) is 0 Å². The van der Waals surface area contributed by atoms with Crippen molar-refractivity contribution >= 4 is 11.8 Å². The first kappa shape index (κ1) is 18.9. The summed E-state index contributed by atoms with van der Waals surface area (Å²) in [6.07, 6.45) is 1.69. The number of amides is 2. The lowest BCUT2D eigenvalue weighted by Gasteiger charge is -2.32. The third-order valence-corrected chi connectivity index (χ3v) is 5.33. The number of furan rings is 1. The lowest BCUT2D eigenvalue weighted by molar-refractivity contribution is -0.906. The standard InChI is InChI=1S/C19H29N3O4/c1-14-12-17(15(2)26-14)19(24)22-6-3-4-16(13-22)18(23)20-5-7-21-8-10-25-11-9-21/h12,16H,3-11,13H2,1-2H3,(H,20,23)/p+1/t16-/m0/s1. The van der Waals surface area contributed by atoms with Crippen molar-refractivity contribution in [3.8, 4) is 0 Å². The largest absolute Gasteiger partial charge is 0.466 e. The highest BCUT2D eigenvalue weighted by atomic mass is 16.5. The van der Waals surface area contributed by atoms with E-state index >= 15 is 0 Å². The summed E-state index contributed by atoms with van der Waals surface area (Å²) in [5, 5.41) is 3.06. The zero-order chi connectivity index (χ0) is 18.5. The molecule has 1 atom stereocenters. The molecule has 7 nitrogen and oxygen atoms in total. The minimum atomic E-state index is -0.124. The molecule has 2 N–H and O–H groups in total. The molecule has 0 aromatic carbocycles. The van der Waals surface area contributed by atoms with Crippen LogP contribution in [0, 0.1) is 19.8 Å². The first-order valence-electron chi connectivity index (χ1n) is 9.60. The summed E-state index contributed by atoms with van der Waals surface area (Å²) in [4.78, 5) is 28.5. The average Bonchev–Trinajstić information content (AvgIpc) is 3.00. The van der Waals surface area contributed by atoms with Gasteiger partial charge in [-0.1, -0.05) is 0 Å². The molecule has 0 aliphatic carbocycles. The van der Waals surface area contributed by atoms with Gasteiger partial charge in [0.05, 0.1) is 37.8 Å². The number of hydrogen-bond donors (Lipinski definition) is 2. The highest BCUT2D eigenvalue weighted by Gasteiger charge is 2.30. The lowest BCUT2D eigenvalue weighted by atomic mass is 9.96. The maximum Gasteiger partial charge on any atom is 0.257 e. The van der Waals surface area contributed by atoms with Gasteiger partial charge in [-0.3, -0.25) is 9.59 Å². The van der Waals surface area contributed by atoms with E-state index in [2.05, 4.69) is 5.32 Å². The van der Waals surface area contributed by atoms with Gasteiger partial charge < -0.3 is 24.3 Å². The first-order valence-corrected chi connectivity index (χ1v) is 9.60. The minimum absolute atomic E-state index is 0.0328. The van der Waals surface area contributed by atoms with Crippen LogP contribution in [-0.2, 0) is 9.53 Å². The Hall–Kier alpha value is -1.86. The van der Waals surface area contributed by atoms with Gasteiger partial charge in [-0.05, 0) is 32.8 Å². The van der Waals surface area contributed by atoms with Crippen molar-refractivity contribution in [1.29, 1.82) is 0 Å². The second kappa shape index (κ2) is 8.68. The van der Waals surface area contributed by atoms with E-state index < -0.39 is 0 Å². The zero-order valence-corrected chi connectivity index (χ0v) is 15.8. The Kier molecular flexibility index (Phi) is 6.32. The average molecular weight is 364 g/mol. The van der Waals surface area contributed by atoms with Crippen LogP contribution in [-0.4, -0.2) is 69.2 Å². The van der Waals surface area contributed by atoms with Gasteiger partial charge in [0.25, 0.3) is 5.91 Å². The molecule has 7 heteroatoms. The molecule has 0 radical (unpaired) electrons. The van der Waals surface area contributed by atoms with Crippen molar-refractivity contribution in [2.24, 2.45) is 5.92 Å². The smallest absolute Gasteiger partial charge is 0.257 e. The SMILES string of the molecule is Cc1cc(C(=O)N2CCC[C@H](C(=O)NCC[NH+]3CCOCC3)C2)c(C)o1. The molecular weight excluding hydrogens is 334 g/mol. The van der Waals surface area contributed by atoms with Crippen LogP contribution in [0.4, 0.5) is 0 Å². The Morgan fingerprint density at radius 1 is 1.31 bits per heavy atom. The summed E-state index contributed by atoms with van der Waals surface area (Å²) in [5.74, 6) is 1.29. The first-order chi connectivity index (χ1) is 12.5. The fraction of sp³-hybridized carbons (Fsp3) is 0.684. The number of nitrogens with one attached hydrogen (secondary N) is 2. The molecule has 3 rings (SSSR count). The maximum absolute atomic E-state index is 12.7. The molecule has 26 heavy (non-hydrogen) atoms. The quantitative estimate of drug-likeness (QED) is 0.757. The molecular formula is C19H30N3O4+. The number of morpholine rings is 1. The van der Waals surface area contributed by atoms with Crippen molar-refractivity contribution in [2.45, 2.75) is 26.7 Å². The van der Waals surface area contributed by atoms with Crippen LogP contribution >= 0.6 is 0 Å². The molecule has 2 amide bonds. The third-order valence-electron chi connectivity index (χ3n) is 5.33. The molecule has 144 valence electrons. The van der Waals surface area contributed by atoms with Crippen LogP contribution in [0.25, 0.3) is 0 Å². The number of quaternary nitrogens is 1. The molecule has 0 spiro atoms. The Balaban J connectivity index is 1.48. The molecule has 1 aromatic rings. The molecule has 1 aromatic heterocycles. The third kappa shape index (κ3) is 4.65. The van der Waals surface area contributed by atoms with Gasteiger partial charge in [0.2, 0.25) is 5.91 Å². The molecule has 2 aliphatic heterocycles. The molecule has 3 heterocycles. The number of hydrogen-bond acceptors (Lipinski definition) is 4. The topological polar surface area (TPSA) is 76.2 Å². The fourth-order valence-corrected chi connectivity index (χ4v) is 3.81. The number of nitrogens with zero attached hydrogens (tertiary/aromatic N) is 1. The number of piperidine rings is 1. The molecule has 2 aliphatic rings. The second-order valence-electron chi connectivity index (χ2n) is 7.32. The van der Waals surface area contributed by atoms with E-state index in [0.717, 1.165) is 51.4 Å². The summed E-state index contributed by atoms with van der Waals surface area (Å²) in [6.45, 7) is 10.1. The van der Waals surface area contributed by atoms with E-state index in [9.17, 15) is 9.59 Å². The number of aryl methyl sites for hydroxylation is 2. The molecule has 2 fully saturated rings. The molecule has 2 saturated heterocycles. The Morgan fingerprint density at radius 3 is 2.77 bits per heavy atom. The van der Waals surface area contributed by atoms with E-state index in [1.165, 1.54) is 4.90 Å².